The molecule has 1 aliphatic heterocycles. The summed E-state index contributed by atoms with van der Waals surface area (Å²) in [7, 11) is -1.38. The van der Waals surface area contributed by atoms with E-state index in [9.17, 15) is 9.00 Å². The Morgan fingerprint density at radius 3 is 2.82 bits per heavy atom. The van der Waals surface area contributed by atoms with Gasteiger partial charge in [0.05, 0.1) is 27.5 Å². The van der Waals surface area contributed by atoms with Gasteiger partial charge >= 0.3 is 0 Å². The third-order valence-corrected chi connectivity index (χ3v) is 4.80. The molecule has 0 spiro atoms. The Bertz CT molecular complexity index is 793. The molecule has 1 aliphatic carbocycles. The predicted molar refractivity (Wildman–Crippen MR) is 76.8 cm³/mol. The normalized spacial score (nSPS) is 17.5. The van der Waals surface area contributed by atoms with E-state index in [0.29, 0.717) is 33.3 Å². The van der Waals surface area contributed by atoms with Crippen LogP contribution in [-0.2, 0) is 10.8 Å². The fourth-order valence-corrected chi connectivity index (χ4v) is 3.51. The van der Waals surface area contributed by atoms with Gasteiger partial charge in [0, 0.05) is 17.7 Å². The summed E-state index contributed by atoms with van der Waals surface area (Å²) < 4.78 is 28.0. The van der Waals surface area contributed by atoms with Gasteiger partial charge in [0.25, 0.3) is 0 Å². The van der Waals surface area contributed by atoms with Crippen molar-refractivity contribution in [3.63, 3.8) is 0 Å². The lowest BCUT2D eigenvalue weighted by Gasteiger charge is -2.09. The number of carbonyl (C=O) groups is 1. The Hall–Kier alpha value is -2.15. The van der Waals surface area contributed by atoms with Gasteiger partial charge in [0.1, 0.15) is 0 Å². The van der Waals surface area contributed by atoms with E-state index in [-0.39, 0.29) is 18.5 Å². The standard InChI is InChI=1S/C15H13NO5S/c1-22(18)15-9(4-5-11-14(15)20-7-19-11)12(17)10-6-16-21-13(10)8-2-3-8/h4-6,8H,2-3,7H2,1H3. The number of ketones is 1. The lowest BCUT2D eigenvalue weighted by Crippen LogP contribution is -2.08. The largest absolute Gasteiger partial charge is 0.454 e. The van der Waals surface area contributed by atoms with Gasteiger partial charge < -0.3 is 14.0 Å². The van der Waals surface area contributed by atoms with Crippen LogP contribution >= 0.6 is 0 Å². The molecule has 2 aliphatic rings. The summed E-state index contributed by atoms with van der Waals surface area (Å²) in [6.07, 6.45) is 4.96. The van der Waals surface area contributed by atoms with Gasteiger partial charge in [-0.3, -0.25) is 9.00 Å². The highest BCUT2D eigenvalue weighted by molar-refractivity contribution is 7.84. The maximum absolute atomic E-state index is 12.9. The Balaban J connectivity index is 1.83. The average molecular weight is 319 g/mol. The lowest BCUT2D eigenvalue weighted by molar-refractivity contribution is 0.103. The van der Waals surface area contributed by atoms with Crippen LogP contribution in [0, 0.1) is 0 Å². The lowest BCUT2D eigenvalue weighted by atomic mass is 10.0. The summed E-state index contributed by atoms with van der Waals surface area (Å²) >= 11 is 0. The van der Waals surface area contributed by atoms with Crippen molar-refractivity contribution in [2.45, 2.75) is 23.7 Å². The second-order valence-electron chi connectivity index (χ2n) is 5.34. The summed E-state index contributed by atoms with van der Waals surface area (Å²) in [5, 5.41) is 3.75. The van der Waals surface area contributed by atoms with E-state index in [1.54, 1.807) is 12.1 Å². The number of rotatable bonds is 4. The fourth-order valence-electron chi connectivity index (χ4n) is 2.62. The molecule has 0 N–H and O–H groups in total. The number of benzene rings is 1. The van der Waals surface area contributed by atoms with E-state index in [1.807, 2.05) is 0 Å². The van der Waals surface area contributed by atoms with E-state index < -0.39 is 10.8 Å². The predicted octanol–water partition coefficient (Wildman–Crippen LogP) is 2.25. The minimum Gasteiger partial charge on any atom is -0.454 e. The third kappa shape index (κ3) is 2.04. The van der Waals surface area contributed by atoms with Crippen LogP contribution in [0.5, 0.6) is 11.5 Å². The third-order valence-electron chi connectivity index (χ3n) is 3.82. The van der Waals surface area contributed by atoms with Crippen molar-refractivity contribution in [1.29, 1.82) is 0 Å². The zero-order valence-electron chi connectivity index (χ0n) is 11.8. The van der Waals surface area contributed by atoms with Crippen molar-refractivity contribution in [3.05, 3.63) is 35.2 Å². The number of ether oxygens (including phenoxy) is 2. The average Bonchev–Trinajstić information content (AvgIpc) is 3.05. The molecule has 0 amide bonds. The molecule has 1 atom stereocenters. The van der Waals surface area contributed by atoms with Gasteiger partial charge in [-0.2, -0.15) is 0 Å². The van der Waals surface area contributed by atoms with E-state index >= 15 is 0 Å². The SMILES string of the molecule is CS(=O)c1c(C(=O)c2cnoc2C2CC2)ccc2c1OCO2. The summed E-state index contributed by atoms with van der Waals surface area (Å²) in [6.45, 7) is 0.0672. The molecule has 2 heterocycles. The van der Waals surface area contributed by atoms with Crippen molar-refractivity contribution in [2.75, 3.05) is 13.0 Å². The van der Waals surface area contributed by atoms with Crippen LogP contribution in [0.1, 0.15) is 40.4 Å². The summed E-state index contributed by atoms with van der Waals surface area (Å²) in [6, 6.07) is 3.28. The zero-order chi connectivity index (χ0) is 15.3. The zero-order valence-corrected chi connectivity index (χ0v) is 12.6. The highest BCUT2D eigenvalue weighted by atomic mass is 32.2. The number of hydrogen-bond acceptors (Lipinski definition) is 6. The van der Waals surface area contributed by atoms with Gasteiger partial charge in [-0.1, -0.05) is 5.16 Å². The molecule has 114 valence electrons. The molecule has 6 nitrogen and oxygen atoms in total. The Morgan fingerprint density at radius 2 is 2.09 bits per heavy atom. The maximum Gasteiger partial charge on any atom is 0.231 e. The molecule has 2 aromatic rings. The first-order chi connectivity index (χ1) is 10.7. The Morgan fingerprint density at radius 1 is 1.27 bits per heavy atom. The summed E-state index contributed by atoms with van der Waals surface area (Å²) in [5.41, 5.74) is 0.781. The number of hydrogen-bond donors (Lipinski definition) is 0. The van der Waals surface area contributed by atoms with Gasteiger partial charge in [0.15, 0.2) is 23.0 Å². The highest BCUT2D eigenvalue weighted by Crippen LogP contribution is 2.43. The van der Waals surface area contributed by atoms with Crippen LogP contribution in [0.15, 0.2) is 27.7 Å². The van der Waals surface area contributed by atoms with Crippen LogP contribution in [0.3, 0.4) is 0 Å². The fraction of sp³-hybridized carbons (Fsp3) is 0.333. The molecule has 0 saturated heterocycles. The van der Waals surface area contributed by atoms with Gasteiger partial charge in [-0.25, -0.2) is 0 Å². The molecule has 7 heteroatoms. The Labute approximate surface area is 128 Å². The van der Waals surface area contributed by atoms with Crippen LogP contribution < -0.4 is 9.47 Å². The van der Waals surface area contributed by atoms with E-state index in [0.717, 1.165) is 12.8 Å². The second kappa shape index (κ2) is 4.95. The first-order valence-electron chi connectivity index (χ1n) is 6.92. The minimum absolute atomic E-state index is 0.0672. The first kappa shape index (κ1) is 13.5. The van der Waals surface area contributed by atoms with Crippen molar-refractivity contribution in [1.82, 2.24) is 5.16 Å². The molecule has 0 bridgehead atoms. The molecule has 1 aromatic heterocycles. The molecule has 1 saturated carbocycles. The first-order valence-corrected chi connectivity index (χ1v) is 8.48. The molecular formula is C15H13NO5S. The van der Waals surface area contributed by atoms with Crippen molar-refractivity contribution in [3.8, 4) is 11.5 Å². The van der Waals surface area contributed by atoms with Gasteiger partial charge in [0.2, 0.25) is 6.79 Å². The quantitative estimate of drug-likeness (QED) is 0.804. The van der Waals surface area contributed by atoms with Gasteiger partial charge in [-0.05, 0) is 25.0 Å². The topological polar surface area (TPSA) is 78.6 Å². The van der Waals surface area contributed by atoms with Crippen LogP contribution in [0.25, 0.3) is 0 Å². The number of fused-ring (bicyclic) bond motifs is 1. The summed E-state index contributed by atoms with van der Waals surface area (Å²) in [5.74, 6) is 1.54. The molecule has 4 rings (SSSR count). The molecule has 0 radical (unpaired) electrons. The van der Waals surface area contributed by atoms with Crippen molar-refractivity contribution in [2.24, 2.45) is 0 Å². The minimum atomic E-state index is -1.38. The number of aromatic nitrogens is 1. The second-order valence-corrected chi connectivity index (χ2v) is 6.65. The molecule has 1 unspecified atom stereocenters. The number of nitrogens with zero attached hydrogens (tertiary/aromatic N) is 1. The number of carbonyl (C=O) groups excluding carboxylic acids is 1. The molecule has 1 fully saturated rings. The van der Waals surface area contributed by atoms with Crippen LogP contribution in [0.2, 0.25) is 0 Å². The smallest absolute Gasteiger partial charge is 0.231 e. The van der Waals surface area contributed by atoms with E-state index in [2.05, 4.69) is 5.16 Å². The molecular weight excluding hydrogens is 306 g/mol. The molecule has 22 heavy (non-hydrogen) atoms. The van der Waals surface area contributed by atoms with Crippen LogP contribution in [0.4, 0.5) is 0 Å². The van der Waals surface area contributed by atoms with Crippen LogP contribution in [-0.4, -0.2) is 28.2 Å². The van der Waals surface area contributed by atoms with Crippen molar-refractivity contribution >= 4 is 16.6 Å². The van der Waals surface area contributed by atoms with E-state index in [4.69, 9.17) is 14.0 Å². The maximum atomic E-state index is 12.9. The summed E-state index contributed by atoms with van der Waals surface area (Å²) in [4.78, 5) is 13.2. The van der Waals surface area contributed by atoms with E-state index in [1.165, 1.54) is 12.5 Å². The van der Waals surface area contributed by atoms with Gasteiger partial charge in [-0.15, -0.1) is 0 Å². The Kier molecular flexibility index (Phi) is 3.04. The highest BCUT2D eigenvalue weighted by Gasteiger charge is 2.34. The monoisotopic (exact) mass is 319 g/mol. The molecule has 1 aromatic carbocycles. The van der Waals surface area contributed by atoms with Crippen molar-refractivity contribution < 1.29 is 23.0 Å².